The lowest BCUT2D eigenvalue weighted by molar-refractivity contribution is -0.0713. The molecule has 10 nitrogen and oxygen atoms in total. The number of aromatic nitrogens is 4. The Hall–Kier alpha value is -2.01. The average Bonchev–Trinajstić information content (AvgIpc) is 2.95. The molecule has 0 aliphatic carbocycles. The second-order valence-corrected chi connectivity index (χ2v) is 7.30. The zero-order chi connectivity index (χ0) is 19.9. The van der Waals surface area contributed by atoms with Crippen molar-refractivity contribution < 1.29 is 14.9 Å². The topological polar surface area (TPSA) is 115 Å². The van der Waals surface area contributed by atoms with Gasteiger partial charge in [0.2, 0.25) is 0 Å². The first kappa shape index (κ1) is 19.7. The van der Waals surface area contributed by atoms with Gasteiger partial charge in [0.15, 0.2) is 11.2 Å². The molecule has 2 N–H and O–H groups in total. The van der Waals surface area contributed by atoms with Gasteiger partial charge in [-0.05, 0) is 13.8 Å². The van der Waals surface area contributed by atoms with Crippen molar-refractivity contribution in [1.29, 1.82) is 0 Å². The predicted molar refractivity (Wildman–Crippen MR) is 98.6 cm³/mol. The van der Waals surface area contributed by atoms with Gasteiger partial charge in [-0.15, -0.1) is 0 Å². The minimum Gasteiger partial charge on any atom is -0.394 e. The fraction of sp³-hybridized carbons (Fsp3) is 0.706. The summed E-state index contributed by atoms with van der Waals surface area (Å²) in [6.07, 6.45) is -0.885. The van der Waals surface area contributed by atoms with Crippen LogP contribution in [0.1, 0.15) is 19.7 Å². The predicted octanol–water partition coefficient (Wildman–Crippen LogP) is -1.60. The molecule has 10 heteroatoms. The fourth-order valence-electron chi connectivity index (χ4n) is 3.69. The van der Waals surface area contributed by atoms with E-state index < -0.39 is 24.0 Å². The highest BCUT2D eigenvalue weighted by atomic mass is 16.5. The van der Waals surface area contributed by atoms with Crippen molar-refractivity contribution in [2.45, 2.75) is 45.2 Å². The van der Waals surface area contributed by atoms with E-state index in [0.717, 1.165) is 4.57 Å². The molecule has 0 aromatic carbocycles. The molecule has 0 spiro atoms. The molecule has 2 aromatic heterocycles. The molecule has 2 aromatic rings. The van der Waals surface area contributed by atoms with E-state index >= 15 is 0 Å². The normalized spacial score (nSPS) is 22.4. The Morgan fingerprint density at radius 3 is 2.41 bits per heavy atom. The Bertz CT molecular complexity index is 936. The Morgan fingerprint density at radius 2 is 1.81 bits per heavy atom. The van der Waals surface area contributed by atoms with Crippen LogP contribution in [0.15, 0.2) is 9.59 Å². The molecule has 0 radical (unpaired) electrons. The first-order valence-electron chi connectivity index (χ1n) is 9.04. The lowest BCUT2D eigenvalue weighted by Crippen LogP contribution is -2.45. The van der Waals surface area contributed by atoms with Crippen molar-refractivity contribution in [3.8, 4) is 0 Å². The number of aliphatic hydroxyl groups is 2. The molecule has 150 valence electrons. The summed E-state index contributed by atoms with van der Waals surface area (Å²) < 4.78 is 9.72. The maximum atomic E-state index is 12.7. The molecule has 0 unspecified atom stereocenters. The molecule has 1 fully saturated rings. The number of imidazole rings is 1. The fourth-order valence-corrected chi connectivity index (χ4v) is 3.69. The molecular weight excluding hydrogens is 354 g/mol. The largest absolute Gasteiger partial charge is 0.394 e. The molecule has 3 atom stereocenters. The van der Waals surface area contributed by atoms with Crippen LogP contribution in [-0.2, 0) is 31.9 Å². The van der Waals surface area contributed by atoms with Crippen molar-refractivity contribution in [3.05, 3.63) is 26.7 Å². The number of rotatable bonds is 5. The Labute approximate surface area is 156 Å². The van der Waals surface area contributed by atoms with Gasteiger partial charge in [-0.2, -0.15) is 0 Å². The van der Waals surface area contributed by atoms with E-state index in [0.29, 0.717) is 25.5 Å². The van der Waals surface area contributed by atoms with Gasteiger partial charge < -0.3 is 19.5 Å². The standard InChI is InChI=1S/C17H27N5O5/c1-10-5-21(6-11(2)27-10)8-13-18-15-14(22(13)7-12(24)9-23)16(25)20(4)17(26)19(15)3/h10-12,23-24H,5-9H2,1-4H3/t10-,11-,12-/m1/s1. The maximum absolute atomic E-state index is 12.7. The second kappa shape index (κ2) is 7.55. The van der Waals surface area contributed by atoms with Gasteiger partial charge in [0.1, 0.15) is 5.82 Å². The van der Waals surface area contributed by atoms with E-state index in [1.165, 1.54) is 11.6 Å². The third-order valence-electron chi connectivity index (χ3n) is 4.89. The molecule has 1 saturated heterocycles. The van der Waals surface area contributed by atoms with Crippen molar-refractivity contribution in [2.75, 3.05) is 19.7 Å². The smallest absolute Gasteiger partial charge is 0.332 e. The van der Waals surface area contributed by atoms with E-state index in [2.05, 4.69) is 9.88 Å². The van der Waals surface area contributed by atoms with Crippen LogP contribution in [0.25, 0.3) is 11.2 Å². The molecule has 0 bridgehead atoms. The first-order chi connectivity index (χ1) is 12.7. The highest BCUT2D eigenvalue weighted by Gasteiger charge is 2.26. The molecule has 0 saturated carbocycles. The van der Waals surface area contributed by atoms with E-state index in [1.54, 1.807) is 11.6 Å². The number of aryl methyl sites for hydroxylation is 1. The number of fused-ring (bicyclic) bond motifs is 1. The van der Waals surface area contributed by atoms with Crippen molar-refractivity contribution in [2.24, 2.45) is 14.1 Å². The van der Waals surface area contributed by atoms with E-state index in [-0.39, 0.29) is 29.9 Å². The Kier molecular flexibility index (Phi) is 5.52. The molecule has 3 rings (SSSR count). The minimum absolute atomic E-state index is 0.0191. The van der Waals surface area contributed by atoms with Crippen LogP contribution < -0.4 is 11.2 Å². The lowest BCUT2D eigenvalue weighted by atomic mass is 10.2. The van der Waals surface area contributed by atoms with E-state index in [1.807, 2.05) is 13.8 Å². The van der Waals surface area contributed by atoms with Gasteiger partial charge in [0.05, 0.1) is 38.0 Å². The monoisotopic (exact) mass is 381 g/mol. The number of hydrogen-bond donors (Lipinski definition) is 2. The van der Waals surface area contributed by atoms with Crippen LogP contribution in [-0.4, -0.2) is 71.8 Å². The average molecular weight is 381 g/mol. The summed E-state index contributed by atoms with van der Waals surface area (Å²) in [5.74, 6) is 0.567. The quantitative estimate of drug-likeness (QED) is 0.641. The van der Waals surface area contributed by atoms with Crippen LogP contribution >= 0.6 is 0 Å². The van der Waals surface area contributed by atoms with E-state index in [9.17, 15) is 19.8 Å². The van der Waals surface area contributed by atoms with Crippen molar-refractivity contribution in [1.82, 2.24) is 23.6 Å². The lowest BCUT2D eigenvalue weighted by Gasteiger charge is -2.35. The van der Waals surface area contributed by atoms with Gasteiger partial charge in [0.25, 0.3) is 5.56 Å². The van der Waals surface area contributed by atoms with Crippen LogP contribution in [0.4, 0.5) is 0 Å². The number of nitrogens with zero attached hydrogens (tertiary/aromatic N) is 5. The summed E-state index contributed by atoms with van der Waals surface area (Å²) in [6, 6.07) is 0. The number of hydrogen-bond acceptors (Lipinski definition) is 7. The van der Waals surface area contributed by atoms with Crippen molar-refractivity contribution >= 4 is 11.2 Å². The molecule has 1 aliphatic heterocycles. The zero-order valence-electron chi connectivity index (χ0n) is 16.1. The SMILES string of the molecule is C[C@@H]1CN(Cc2nc3c(c(=O)n(C)c(=O)n3C)n2C[C@@H](O)CO)C[C@@H](C)O1. The highest BCUT2D eigenvalue weighted by molar-refractivity contribution is 5.71. The third kappa shape index (κ3) is 3.70. The second-order valence-electron chi connectivity index (χ2n) is 7.30. The van der Waals surface area contributed by atoms with Crippen LogP contribution in [0, 0.1) is 0 Å². The van der Waals surface area contributed by atoms with Gasteiger partial charge in [-0.25, -0.2) is 9.78 Å². The van der Waals surface area contributed by atoms with Crippen LogP contribution in [0.3, 0.4) is 0 Å². The van der Waals surface area contributed by atoms with Gasteiger partial charge >= 0.3 is 5.69 Å². The molecule has 27 heavy (non-hydrogen) atoms. The molecule has 1 aliphatic rings. The highest BCUT2D eigenvalue weighted by Crippen LogP contribution is 2.17. The molecular formula is C17H27N5O5. The molecule has 3 heterocycles. The minimum atomic E-state index is -1.04. The zero-order valence-corrected chi connectivity index (χ0v) is 16.1. The van der Waals surface area contributed by atoms with Gasteiger partial charge in [-0.1, -0.05) is 0 Å². The van der Waals surface area contributed by atoms with Crippen molar-refractivity contribution in [3.63, 3.8) is 0 Å². The van der Waals surface area contributed by atoms with Crippen LogP contribution in [0.5, 0.6) is 0 Å². The van der Waals surface area contributed by atoms with Gasteiger partial charge in [-0.3, -0.25) is 18.8 Å². The summed E-state index contributed by atoms with van der Waals surface area (Å²) in [5, 5.41) is 19.2. The summed E-state index contributed by atoms with van der Waals surface area (Å²) in [4.78, 5) is 31.7. The van der Waals surface area contributed by atoms with E-state index in [4.69, 9.17) is 4.74 Å². The number of aliphatic hydroxyl groups excluding tert-OH is 2. The maximum Gasteiger partial charge on any atom is 0.332 e. The summed E-state index contributed by atoms with van der Waals surface area (Å²) in [7, 11) is 2.97. The van der Waals surface area contributed by atoms with Crippen LogP contribution in [0.2, 0.25) is 0 Å². The summed E-state index contributed by atoms with van der Waals surface area (Å²) in [6.45, 7) is 5.46. The number of morpholine rings is 1. The molecule has 0 amide bonds. The summed E-state index contributed by atoms with van der Waals surface area (Å²) >= 11 is 0. The Morgan fingerprint density at radius 1 is 1.19 bits per heavy atom. The summed E-state index contributed by atoms with van der Waals surface area (Å²) in [5.41, 5.74) is -0.408. The number of ether oxygens (including phenoxy) is 1. The third-order valence-corrected chi connectivity index (χ3v) is 4.89. The Balaban J connectivity index is 2.12. The van der Waals surface area contributed by atoms with Gasteiger partial charge in [0, 0.05) is 27.2 Å². The first-order valence-corrected chi connectivity index (χ1v) is 9.04.